The lowest BCUT2D eigenvalue weighted by molar-refractivity contribution is 0.0225. The number of amides is 2. The molecule has 7 nitrogen and oxygen atoms in total. The molecule has 1 unspecified atom stereocenters. The first-order chi connectivity index (χ1) is 15.3. The molecule has 1 fully saturated rings. The summed E-state index contributed by atoms with van der Waals surface area (Å²) in [5.41, 5.74) is 1.05. The molecule has 1 aromatic heterocycles. The summed E-state index contributed by atoms with van der Waals surface area (Å²) in [6.07, 6.45) is 2.77. The third-order valence-corrected chi connectivity index (χ3v) is 7.39. The summed E-state index contributed by atoms with van der Waals surface area (Å²) < 4.78 is 11.2. The van der Waals surface area contributed by atoms with Gasteiger partial charge in [-0.25, -0.2) is 9.78 Å². The molecule has 1 aromatic carbocycles. The summed E-state index contributed by atoms with van der Waals surface area (Å²) in [5, 5.41) is 3.52. The van der Waals surface area contributed by atoms with Gasteiger partial charge in [0.15, 0.2) is 5.13 Å². The summed E-state index contributed by atoms with van der Waals surface area (Å²) in [6, 6.07) is 7.63. The highest BCUT2D eigenvalue weighted by Gasteiger charge is 2.28. The number of hydrogen-bond acceptors (Lipinski definition) is 7. The molecule has 2 aliphatic heterocycles. The van der Waals surface area contributed by atoms with E-state index < -0.39 is 5.60 Å². The first-order valence-corrected chi connectivity index (χ1v) is 12.7. The number of carbonyl (C=O) groups is 2. The zero-order valence-corrected chi connectivity index (χ0v) is 20.3. The van der Waals surface area contributed by atoms with Crippen LogP contribution >= 0.6 is 23.1 Å². The molecule has 9 heteroatoms. The van der Waals surface area contributed by atoms with Crippen LogP contribution in [0.5, 0.6) is 0 Å². The fraction of sp³-hybridized carbons (Fsp3) is 0.522. The molecule has 2 aromatic rings. The van der Waals surface area contributed by atoms with Crippen LogP contribution in [0.1, 0.15) is 54.5 Å². The maximum Gasteiger partial charge on any atom is 0.410 e. The number of nitrogens with one attached hydrogen (secondary N) is 1. The van der Waals surface area contributed by atoms with Gasteiger partial charge in [0.1, 0.15) is 5.60 Å². The molecule has 2 amide bonds. The highest BCUT2D eigenvalue weighted by atomic mass is 32.2. The summed E-state index contributed by atoms with van der Waals surface area (Å²) in [5.74, 6) is 0.673. The standard InChI is InChI=1S/C23H29N3O4S2/c1-23(2,3)30-22(28)26-11-10-17-19(13-26)32-21(24-17)25-20(27)16-8-4-5-9-18(16)31-14-15-7-6-12-29-15/h4-5,8-9,15H,6-7,10-14H2,1-3H3,(H,24,25,27). The Kier molecular flexibility index (Phi) is 7.07. The summed E-state index contributed by atoms with van der Waals surface area (Å²) in [4.78, 5) is 33.6. The largest absolute Gasteiger partial charge is 0.444 e. The predicted octanol–water partition coefficient (Wildman–Crippen LogP) is 4.96. The van der Waals surface area contributed by atoms with Gasteiger partial charge >= 0.3 is 6.09 Å². The zero-order valence-electron chi connectivity index (χ0n) is 18.7. The Morgan fingerprint density at radius 1 is 1.34 bits per heavy atom. The van der Waals surface area contributed by atoms with Gasteiger partial charge in [-0.2, -0.15) is 0 Å². The Bertz CT molecular complexity index is 980. The number of aromatic nitrogens is 1. The smallest absolute Gasteiger partial charge is 0.410 e. The van der Waals surface area contributed by atoms with Crippen molar-refractivity contribution in [2.45, 2.75) is 63.2 Å². The van der Waals surface area contributed by atoms with Crippen molar-refractivity contribution in [1.82, 2.24) is 9.88 Å². The van der Waals surface area contributed by atoms with Gasteiger partial charge in [0, 0.05) is 35.1 Å². The van der Waals surface area contributed by atoms with Crippen LogP contribution in [-0.2, 0) is 22.4 Å². The second-order valence-corrected chi connectivity index (χ2v) is 11.1. The van der Waals surface area contributed by atoms with E-state index >= 15 is 0 Å². The molecule has 0 radical (unpaired) electrons. The molecule has 1 N–H and O–H groups in total. The Morgan fingerprint density at radius 3 is 2.91 bits per heavy atom. The quantitative estimate of drug-likeness (QED) is 0.616. The minimum Gasteiger partial charge on any atom is -0.444 e. The number of fused-ring (bicyclic) bond motifs is 1. The number of benzene rings is 1. The number of thioether (sulfide) groups is 1. The molecule has 1 atom stereocenters. The molecule has 0 saturated carbocycles. The molecule has 172 valence electrons. The third kappa shape index (κ3) is 5.82. The van der Waals surface area contributed by atoms with Crippen molar-refractivity contribution in [3.63, 3.8) is 0 Å². The van der Waals surface area contributed by atoms with Crippen LogP contribution in [0.15, 0.2) is 29.2 Å². The van der Waals surface area contributed by atoms with Gasteiger partial charge in [0.2, 0.25) is 0 Å². The van der Waals surface area contributed by atoms with Crippen molar-refractivity contribution in [3.8, 4) is 0 Å². The number of hydrogen-bond donors (Lipinski definition) is 1. The molecule has 4 rings (SSSR count). The average Bonchev–Trinajstić information content (AvgIpc) is 3.39. The van der Waals surface area contributed by atoms with Crippen LogP contribution in [0, 0.1) is 0 Å². The summed E-state index contributed by atoms with van der Waals surface area (Å²) in [6.45, 7) is 7.41. The van der Waals surface area contributed by atoms with Crippen molar-refractivity contribution >= 4 is 40.2 Å². The van der Waals surface area contributed by atoms with Crippen molar-refractivity contribution < 1.29 is 19.1 Å². The van der Waals surface area contributed by atoms with Gasteiger partial charge in [-0.05, 0) is 45.7 Å². The van der Waals surface area contributed by atoms with Crippen LogP contribution in [0.25, 0.3) is 0 Å². The Morgan fingerprint density at radius 2 is 2.16 bits per heavy atom. The Balaban J connectivity index is 1.40. The fourth-order valence-corrected chi connectivity index (χ4v) is 5.77. The second-order valence-electron chi connectivity index (χ2n) is 8.94. The van der Waals surface area contributed by atoms with Crippen LogP contribution in [0.2, 0.25) is 0 Å². The fourth-order valence-electron chi connectivity index (χ4n) is 3.63. The van der Waals surface area contributed by atoms with E-state index in [9.17, 15) is 9.59 Å². The Hall–Kier alpha value is -2.10. The molecule has 32 heavy (non-hydrogen) atoms. The number of thiazole rings is 1. The van der Waals surface area contributed by atoms with Gasteiger partial charge in [-0.15, -0.1) is 11.8 Å². The van der Waals surface area contributed by atoms with E-state index in [0.717, 1.165) is 40.7 Å². The van der Waals surface area contributed by atoms with Gasteiger partial charge in [0.05, 0.1) is 23.9 Å². The van der Waals surface area contributed by atoms with E-state index in [4.69, 9.17) is 9.47 Å². The van der Waals surface area contributed by atoms with E-state index in [-0.39, 0.29) is 18.1 Å². The first kappa shape index (κ1) is 23.1. The topological polar surface area (TPSA) is 80.8 Å². The maximum atomic E-state index is 13.0. The molecule has 2 aliphatic rings. The lowest BCUT2D eigenvalue weighted by Crippen LogP contribution is -2.39. The van der Waals surface area contributed by atoms with E-state index in [0.29, 0.717) is 30.2 Å². The third-order valence-electron chi connectivity index (χ3n) is 5.18. The van der Waals surface area contributed by atoms with Crippen LogP contribution in [-0.4, -0.2) is 52.5 Å². The van der Waals surface area contributed by atoms with E-state index in [2.05, 4.69) is 10.3 Å². The van der Waals surface area contributed by atoms with Crippen molar-refractivity contribution in [3.05, 3.63) is 40.4 Å². The maximum absolute atomic E-state index is 13.0. The molecular weight excluding hydrogens is 446 g/mol. The minimum atomic E-state index is -0.528. The molecule has 1 saturated heterocycles. The molecule has 3 heterocycles. The van der Waals surface area contributed by atoms with E-state index in [1.54, 1.807) is 16.7 Å². The highest BCUT2D eigenvalue weighted by Crippen LogP contribution is 2.31. The average molecular weight is 476 g/mol. The van der Waals surface area contributed by atoms with Crippen molar-refractivity contribution in [2.75, 3.05) is 24.2 Å². The van der Waals surface area contributed by atoms with Gasteiger partial charge < -0.3 is 14.4 Å². The summed E-state index contributed by atoms with van der Waals surface area (Å²) >= 11 is 3.08. The number of anilines is 1. The van der Waals surface area contributed by atoms with Gasteiger partial charge in [-0.1, -0.05) is 23.5 Å². The van der Waals surface area contributed by atoms with E-state index in [1.807, 2.05) is 45.0 Å². The SMILES string of the molecule is CC(C)(C)OC(=O)N1CCc2nc(NC(=O)c3ccccc3SCC3CCCO3)sc2C1. The minimum absolute atomic E-state index is 0.171. The number of carbonyl (C=O) groups excluding carboxylic acids is 2. The van der Waals surface area contributed by atoms with Crippen LogP contribution in [0.3, 0.4) is 0 Å². The number of rotatable bonds is 5. The monoisotopic (exact) mass is 475 g/mol. The predicted molar refractivity (Wildman–Crippen MR) is 127 cm³/mol. The normalized spacial score (nSPS) is 18.3. The molecule has 0 spiro atoms. The van der Waals surface area contributed by atoms with Gasteiger partial charge in [0.25, 0.3) is 5.91 Å². The second kappa shape index (κ2) is 9.80. The molecular formula is C23H29N3O4S2. The van der Waals surface area contributed by atoms with Crippen LogP contribution in [0.4, 0.5) is 9.93 Å². The van der Waals surface area contributed by atoms with Crippen LogP contribution < -0.4 is 5.32 Å². The van der Waals surface area contributed by atoms with Gasteiger partial charge in [-0.3, -0.25) is 10.1 Å². The molecule has 0 aliphatic carbocycles. The lowest BCUT2D eigenvalue weighted by Gasteiger charge is -2.29. The first-order valence-electron chi connectivity index (χ1n) is 10.9. The van der Waals surface area contributed by atoms with Crippen molar-refractivity contribution in [2.24, 2.45) is 0 Å². The number of ether oxygens (including phenoxy) is 2. The van der Waals surface area contributed by atoms with E-state index in [1.165, 1.54) is 11.3 Å². The summed E-state index contributed by atoms with van der Waals surface area (Å²) in [7, 11) is 0. The highest BCUT2D eigenvalue weighted by molar-refractivity contribution is 7.99. The molecule has 0 bridgehead atoms. The lowest BCUT2D eigenvalue weighted by atomic mass is 10.2. The Labute approximate surface area is 196 Å². The van der Waals surface area contributed by atoms with Crippen molar-refractivity contribution in [1.29, 1.82) is 0 Å². The number of nitrogens with zero attached hydrogens (tertiary/aromatic N) is 2. The zero-order chi connectivity index (χ0) is 22.7.